The lowest BCUT2D eigenvalue weighted by Gasteiger charge is -2.26. The summed E-state index contributed by atoms with van der Waals surface area (Å²) in [6, 6.07) is 0. The summed E-state index contributed by atoms with van der Waals surface area (Å²) in [5.41, 5.74) is 0. The predicted molar refractivity (Wildman–Crippen MR) is 74.2 cm³/mol. The lowest BCUT2D eigenvalue weighted by atomic mass is 10.4. The van der Waals surface area contributed by atoms with Crippen LogP contribution in [0.2, 0.25) is 0 Å². The maximum atomic E-state index is 12.7. The Morgan fingerprint density at radius 2 is 1.68 bits per heavy atom. The van der Waals surface area contributed by atoms with Crippen LogP contribution in [0.25, 0.3) is 0 Å². The van der Waals surface area contributed by atoms with Gasteiger partial charge in [0.2, 0.25) is 5.91 Å². The summed E-state index contributed by atoms with van der Waals surface area (Å²) in [5.74, 6) is -0.956. The average molecular weight is 295 g/mol. The molecule has 0 saturated heterocycles. The van der Waals surface area contributed by atoms with Crippen LogP contribution in [-0.2, 0) is 23.1 Å². The third kappa shape index (κ3) is 7.06. The second kappa shape index (κ2) is 10.4. The van der Waals surface area contributed by atoms with Gasteiger partial charge in [-0.2, -0.15) is 0 Å². The van der Waals surface area contributed by atoms with Crippen LogP contribution in [0, 0.1) is 0 Å². The highest BCUT2D eigenvalue weighted by Gasteiger charge is 2.35. The van der Waals surface area contributed by atoms with Crippen LogP contribution in [0.1, 0.15) is 40.0 Å². The molecular formula is C12H26NO5P. The Kier molecular flexibility index (Phi) is 10.1. The van der Waals surface area contributed by atoms with Crippen molar-refractivity contribution in [3.63, 3.8) is 0 Å². The molecule has 0 radical (unpaired) electrons. The highest BCUT2D eigenvalue weighted by molar-refractivity contribution is 7.54. The van der Waals surface area contributed by atoms with Crippen molar-refractivity contribution in [3.8, 4) is 0 Å². The van der Waals surface area contributed by atoms with Crippen molar-refractivity contribution < 1.29 is 23.1 Å². The smallest absolute Gasteiger partial charge is 0.352 e. The van der Waals surface area contributed by atoms with Gasteiger partial charge in [-0.25, -0.2) is 0 Å². The molecule has 0 aliphatic rings. The van der Waals surface area contributed by atoms with Crippen LogP contribution in [-0.4, -0.2) is 38.6 Å². The van der Waals surface area contributed by atoms with E-state index >= 15 is 0 Å². The third-order valence-electron chi connectivity index (χ3n) is 2.32. The minimum absolute atomic E-state index is 0.0714. The molecule has 19 heavy (non-hydrogen) atoms. The largest absolute Gasteiger partial charge is 0.375 e. The molecule has 7 heteroatoms. The van der Waals surface area contributed by atoms with Crippen molar-refractivity contribution in [1.29, 1.82) is 0 Å². The number of ether oxygens (including phenoxy) is 1. The topological polar surface area (TPSA) is 73.9 Å². The zero-order valence-electron chi connectivity index (χ0n) is 12.3. The van der Waals surface area contributed by atoms with Crippen molar-refractivity contribution >= 4 is 13.5 Å². The molecule has 0 aliphatic carbocycles. The Morgan fingerprint density at radius 1 is 1.16 bits per heavy atom. The molecule has 1 atom stereocenters. The van der Waals surface area contributed by atoms with E-state index < -0.39 is 13.4 Å². The van der Waals surface area contributed by atoms with E-state index in [1.54, 1.807) is 0 Å². The van der Waals surface area contributed by atoms with E-state index in [0.29, 0.717) is 19.6 Å². The highest BCUT2D eigenvalue weighted by Crippen LogP contribution is 2.53. The number of hydrogen-bond donors (Lipinski definition) is 1. The molecule has 0 bridgehead atoms. The predicted octanol–water partition coefficient (Wildman–Crippen LogP) is 2.53. The van der Waals surface area contributed by atoms with Crippen molar-refractivity contribution in [3.05, 3.63) is 0 Å². The molecule has 1 N–H and O–H groups in total. The molecule has 0 fully saturated rings. The van der Waals surface area contributed by atoms with Gasteiger partial charge in [0.1, 0.15) is 12.4 Å². The second-order valence-corrected chi connectivity index (χ2v) is 6.35. The molecule has 0 aromatic rings. The van der Waals surface area contributed by atoms with Gasteiger partial charge in [-0.15, -0.1) is 0 Å². The first-order valence-corrected chi connectivity index (χ1v) is 8.32. The fourth-order valence-electron chi connectivity index (χ4n) is 1.42. The van der Waals surface area contributed by atoms with Crippen molar-refractivity contribution in [2.75, 3.05) is 26.9 Å². The molecule has 0 aliphatic heterocycles. The standard InChI is InChI=1S/C12H26NO5P/c1-5-8-17-19(15,18-9-6-2)12(7-3)13-11(14)10-16-4/h12H,5-10H2,1-4H3,(H,13,14)/t12-/m0/s1. The van der Waals surface area contributed by atoms with E-state index in [1.807, 2.05) is 20.8 Å². The first-order valence-electron chi connectivity index (χ1n) is 6.71. The highest BCUT2D eigenvalue weighted by atomic mass is 31.2. The van der Waals surface area contributed by atoms with E-state index in [0.717, 1.165) is 12.8 Å². The molecule has 0 heterocycles. The van der Waals surface area contributed by atoms with Gasteiger partial charge in [0, 0.05) is 7.11 Å². The van der Waals surface area contributed by atoms with Gasteiger partial charge >= 0.3 is 7.60 Å². The van der Waals surface area contributed by atoms with Gasteiger partial charge in [0.25, 0.3) is 0 Å². The Hall–Kier alpha value is -0.420. The number of amides is 1. The molecule has 114 valence electrons. The monoisotopic (exact) mass is 295 g/mol. The first kappa shape index (κ1) is 18.6. The van der Waals surface area contributed by atoms with Crippen LogP contribution < -0.4 is 5.32 Å². The zero-order chi connectivity index (χ0) is 14.7. The van der Waals surface area contributed by atoms with Gasteiger partial charge in [0.15, 0.2) is 0 Å². The third-order valence-corrected chi connectivity index (χ3v) is 4.66. The minimum Gasteiger partial charge on any atom is -0.375 e. The Labute approximate surface area is 115 Å². The first-order chi connectivity index (χ1) is 9.03. The van der Waals surface area contributed by atoms with Crippen molar-refractivity contribution in [2.45, 2.75) is 45.8 Å². The Bertz CT molecular complexity index is 286. The maximum absolute atomic E-state index is 12.7. The van der Waals surface area contributed by atoms with E-state index in [-0.39, 0.29) is 12.5 Å². The van der Waals surface area contributed by atoms with E-state index in [9.17, 15) is 9.36 Å². The number of rotatable bonds is 11. The van der Waals surface area contributed by atoms with Crippen LogP contribution >= 0.6 is 7.60 Å². The molecule has 1 amide bonds. The summed E-state index contributed by atoms with van der Waals surface area (Å²) in [6.07, 6.45) is 1.95. The summed E-state index contributed by atoms with van der Waals surface area (Å²) >= 11 is 0. The maximum Gasteiger partial charge on any atom is 0.352 e. The van der Waals surface area contributed by atoms with Gasteiger partial charge in [-0.3, -0.25) is 9.36 Å². The molecule has 0 spiro atoms. The van der Waals surface area contributed by atoms with Crippen LogP contribution in [0.3, 0.4) is 0 Å². The molecule has 0 aromatic heterocycles. The van der Waals surface area contributed by atoms with Crippen molar-refractivity contribution in [2.24, 2.45) is 0 Å². The average Bonchev–Trinajstić information content (AvgIpc) is 2.40. The molecule has 0 aromatic carbocycles. The number of methoxy groups -OCH3 is 1. The van der Waals surface area contributed by atoms with E-state index in [1.165, 1.54) is 7.11 Å². The normalized spacial score (nSPS) is 13.3. The van der Waals surface area contributed by atoms with Crippen LogP contribution in [0.4, 0.5) is 0 Å². The van der Waals surface area contributed by atoms with Gasteiger partial charge in [0.05, 0.1) is 13.2 Å². The van der Waals surface area contributed by atoms with Gasteiger partial charge in [-0.1, -0.05) is 20.8 Å². The number of carbonyl (C=O) groups excluding carboxylic acids is 1. The Morgan fingerprint density at radius 3 is 2.05 bits per heavy atom. The molecule has 0 rings (SSSR count). The van der Waals surface area contributed by atoms with E-state index in [4.69, 9.17) is 13.8 Å². The van der Waals surface area contributed by atoms with Crippen molar-refractivity contribution in [1.82, 2.24) is 5.32 Å². The van der Waals surface area contributed by atoms with Gasteiger partial charge in [-0.05, 0) is 19.3 Å². The fourth-order valence-corrected chi connectivity index (χ4v) is 3.48. The molecular weight excluding hydrogens is 269 g/mol. The van der Waals surface area contributed by atoms with Gasteiger partial charge < -0.3 is 19.1 Å². The lowest BCUT2D eigenvalue weighted by molar-refractivity contribution is -0.125. The zero-order valence-corrected chi connectivity index (χ0v) is 13.2. The van der Waals surface area contributed by atoms with Crippen LogP contribution in [0.15, 0.2) is 0 Å². The number of nitrogens with one attached hydrogen (secondary N) is 1. The molecule has 0 saturated carbocycles. The lowest BCUT2D eigenvalue weighted by Crippen LogP contribution is -2.37. The Balaban J connectivity index is 4.74. The molecule has 6 nitrogen and oxygen atoms in total. The summed E-state index contributed by atoms with van der Waals surface area (Å²) < 4.78 is 28.2. The minimum atomic E-state index is -3.33. The number of carbonyl (C=O) groups is 1. The van der Waals surface area contributed by atoms with E-state index in [2.05, 4.69) is 5.32 Å². The summed E-state index contributed by atoms with van der Waals surface area (Å²) in [7, 11) is -1.90. The SMILES string of the molecule is CCCOP(=O)(OCCC)[C@@H](CC)NC(=O)COC. The summed E-state index contributed by atoms with van der Waals surface area (Å²) in [6.45, 7) is 6.30. The second-order valence-electron chi connectivity index (χ2n) is 4.13. The van der Waals surface area contributed by atoms with Crippen LogP contribution in [0.5, 0.6) is 0 Å². The molecule has 0 unspecified atom stereocenters. The summed E-state index contributed by atoms with van der Waals surface area (Å²) in [4.78, 5) is 11.5. The quantitative estimate of drug-likeness (QED) is 0.593. The fraction of sp³-hybridized carbons (Fsp3) is 0.917. The number of hydrogen-bond acceptors (Lipinski definition) is 5. The summed E-state index contributed by atoms with van der Waals surface area (Å²) in [5, 5.41) is 2.65.